The van der Waals surface area contributed by atoms with Crippen molar-refractivity contribution in [2.75, 3.05) is 0 Å². The summed E-state index contributed by atoms with van der Waals surface area (Å²) in [5, 5.41) is 32.0. The van der Waals surface area contributed by atoms with Crippen LogP contribution >= 0.6 is 0 Å². The summed E-state index contributed by atoms with van der Waals surface area (Å²) in [7, 11) is 0. The van der Waals surface area contributed by atoms with Crippen LogP contribution in [0.3, 0.4) is 0 Å². The molecule has 0 radical (unpaired) electrons. The standard InChI is InChI=1S/C43H58O6/c1-27(2)13-11-15-31(9)16-18-33-26-42(23-20-29(5)6)38(47)36(37(46)32-17-19-34(44)35(45)25-32)39(48)43(40(42)49,24-21-30(7)8)41(33,10)22-12-14-28(3)4/h13-14,16-17,19-21,25,33,44-46H,11-12,15,18,22-24,26H2,1-10H3/b31-16+,37-36+/t33-,41+,42-,43+/m1/s1. The molecule has 0 saturated heterocycles. The molecule has 6 nitrogen and oxygen atoms in total. The predicted octanol–water partition coefficient (Wildman–Crippen LogP) is 10.6. The first-order valence-corrected chi connectivity index (χ1v) is 17.6. The Hall–Kier alpha value is -3.93. The van der Waals surface area contributed by atoms with Crippen molar-refractivity contribution >= 4 is 23.1 Å². The zero-order valence-electron chi connectivity index (χ0n) is 31.4. The molecule has 266 valence electrons. The fourth-order valence-electron chi connectivity index (χ4n) is 7.78. The number of hydrogen-bond acceptors (Lipinski definition) is 6. The first kappa shape index (κ1) is 39.5. The van der Waals surface area contributed by atoms with Crippen molar-refractivity contribution in [3.8, 4) is 11.5 Å². The molecule has 3 rings (SSSR count). The van der Waals surface area contributed by atoms with Gasteiger partial charge in [-0.2, -0.15) is 0 Å². The van der Waals surface area contributed by atoms with E-state index in [-0.39, 0.29) is 36.5 Å². The topological polar surface area (TPSA) is 112 Å². The number of aliphatic hydroxyl groups is 1. The molecule has 49 heavy (non-hydrogen) atoms. The molecular weight excluding hydrogens is 612 g/mol. The molecule has 2 aliphatic rings. The summed E-state index contributed by atoms with van der Waals surface area (Å²) in [6.07, 6.45) is 14.6. The van der Waals surface area contributed by atoms with Gasteiger partial charge in [-0.05, 0) is 143 Å². The van der Waals surface area contributed by atoms with Gasteiger partial charge in [0.05, 0.1) is 5.41 Å². The molecule has 0 unspecified atom stereocenters. The van der Waals surface area contributed by atoms with E-state index in [0.29, 0.717) is 19.3 Å². The molecule has 0 amide bonds. The Morgan fingerprint density at radius 1 is 0.755 bits per heavy atom. The van der Waals surface area contributed by atoms with E-state index in [0.717, 1.165) is 35.6 Å². The van der Waals surface area contributed by atoms with Crippen LogP contribution in [0.2, 0.25) is 0 Å². The van der Waals surface area contributed by atoms with Gasteiger partial charge in [0, 0.05) is 5.56 Å². The van der Waals surface area contributed by atoms with Gasteiger partial charge >= 0.3 is 0 Å². The van der Waals surface area contributed by atoms with Crippen LogP contribution in [-0.4, -0.2) is 32.7 Å². The number of carbonyl (C=O) groups is 3. The molecule has 2 aliphatic carbocycles. The highest BCUT2D eigenvalue weighted by atomic mass is 16.3. The second kappa shape index (κ2) is 15.7. The van der Waals surface area contributed by atoms with Crippen molar-refractivity contribution in [3.05, 3.63) is 87.6 Å². The largest absolute Gasteiger partial charge is 0.506 e. The molecular formula is C43H58O6. The lowest BCUT2D eigenvalue weighted by Gasteiger charge is -2.61. The highest BCUT2D eigenvalue weighted by Gasteiger charge is 2.74. The lowest BCUT2D eigenvalue weighted by atomic mass is 9.37. The average molecular weight is 671 g/mol. The lowest BCUT2D eigenvalue weighted by Crippen LogP contribution is -2.70. The number of phenols is 2. The molecule has 0 aliphatic heterocycles. The Kier molecular flexibility index (Phi) is 12.7. The number of aliphatic hydroxyl groups excluding tert-OH is 1. The van der Waals surface area contributed by atoms with Gasteiger partial charge in [-0.25, -0.2) is 0 Å². The van der Waals surface area contributed by atoms with E-state index in [1.807, 2.05) is 53.7 Å². The van der Waals surface area contributed by atoms with Crippen molar-refractivity contribution in [3.63, 3.8) is 0 Å². The first-order chi connectivity index (χ1) is 22.8. The van der Waals surface area contributed by atoms with Gasteiger partial charge in [0.2, 0.25) is 0 Å². The lowest BCUT2D eigenvalue weighted by molar-refractivity contribution is -0.178. The number of rotatable bonds is 13. The van der Waals surface area contributed by atoms with Crippen LogP contribution in [0.15, 0.2) is 82.0 Å². The summed E-state index contributed by atoms with van der Waals surface area (Å²) in [6.45, 7) is 20.1. The third-order valence-electron chi connectivity index (χ3n) is 10.8. The van der Waals surface area contributed by atoms with E-state index in [1.165, 1.54) is 23.3 Å². The smallest absolute Gasteiger partial charge is 0.184 e. The van der Waals surface area contributed by atoms with Crippen LogP contribution in [0.4, 0.5) is 0 Å². The quantitative estimate of drug-likeness (QED) is 0.0481. The van der Waals surface area contributed by atoms with E-state index < -0.39 is 50.6 Å². The van der Waals surface area contributed by atoms with Gasteiger partial charge in [0.15, 0.2) is 28.8 Å². The zero-order valence-corrected chi connectivity index (χ0v) is 31.4. The number of carbonyl (C=O) groups excluding carboxylic acids is 3. The summed E-state index contributed by atoms with van der Waals surface area (Å²) in [6, 6.07) is 3.69. The number of hydrogen-bond donors (Lipinski definition) is 3. The highest BCUT2D eigenvalue weighted by molar-refractivity contribution is 6.41. The van der Waals surface area contributed by atoms with Crippen molar-refractivity contribution in [1.82, 2.24) is 0 Å². The molecule has 0 heterocycles. The van der Waals surface area contributed by atoms with Gasteiger partial charge in [0.25, 0.3) is 0 Å². The van der Waals surface area contributed by atoms with E-state index in [4.69, 9.17) is 0 Å². The Morgan fingerprint density at radius 3 is 1.90 bits per heavy atom. The molecule has 0 aromatic heterocycles. The van der Waals surface area contributed by atoms with Gasteiger partial charge in [-0.15, -0.1) is 0 Å². The van der Waals surface area contributed by atoms with Crippen LogP contribution < -0.4 is 0 Å². The third-order valence-corrected chi connectivity index (χ3v) is 10.8. The van der Waals surface area contributed by atoms with Crippen LogP contribution in [0.25, 0.3) is 5.76 Å². The van der Waals surface area contributed by atoms with Crippen LogP contribution in [0.1, 0.15) is 126 Å². The van der Waals surface area contributed by atoms with Crippen molar-refractivity contribution in [2.45, 2.75) is 121 Å². The molecule has 0 spiro atoms. The second-order valence-electron chi connectivity index (χ2n) is 15.6. The average Bonchev–Trinajstić information content (AvgIpc) is 3.00. The summed E-state index contributed by atoms with van der Waals surface area (Å²) < 4.78 is 0. The molecule has 4 atom stereocenters. The monoisotopic (exact) mass is 670 g/mol. The zero-order chi connectivity index (χ0) is 36.9. The van der Waals surface area contributed by atoms with Gasteiger partial charge < -0.3 is 15.3 Å². The molecule has 6 heteroatoms. The maximum Gasteiger partial charge on any atom is 0.184 e. The predicted molar refractivity (Wildman–Crippen MR) is 199 cm³/mol. The van der Waals surface area contributed by atoms with Crippen LogP contribution in [0.5, 0.6) is 11.5 Å². The summed E-state index contributed by atoms with van der Waals surface area (Å²) in [4.78, 5) is 45.6. The molecule has 1 aromatic rings. The van der Waals surface area contributed by atoms with Crippen LogP contribution in [0, 0.1) is 22.2 Å². The van der Waals surface area contributed by atoms with E-state index in [2.05, 4.69) is 45.9 Å². The number of ketones is 3. The molecule has 2 fully saturated rings. The SMILES string of the molecule is CC(C)=CCC/C(C)=C/C[C@@H]1C[C@]2(CC=C(C)C)C(=O)/C(=C(\O)c3ccc(O)c(O)c3)C(=O)[C@@](CC=C(C)C)(C2=O)[C@@]1(C)CCC=C(C)C. The van der Waals surface area contributed by atoms with Crippen LogP contribution in [-0.2, 0) is 14.4 Å². The highest BCUT2D eigenvalue weighted by Crippen LogP contribution is 2.67. The summed E-state index contributed by atoms with van der Waals surface area (Å²) >= 11 is 0. The maximum atomic E-state index is 15.4. The van der Waals surface area contributed by atoms with Gasteiger partial charge in [-0.1, -0.05) is 65.2 Å². The number of fused-ring (bicyclic) bond motifs is 2. The summed E-state index contributed by atoms with van der Waals surface area (Å²) in [5.41, 5.74) is 1.11. The van der Waals surface area contributed by atoms with E-state index in [9.17, 15) is 20.1 Å². The molecule has 2 bridgehead atoms. The van der Waals surface area contributed by atoms with Gasteiger partial charge in [-0.3, -0.25) is 14.4 Å². The molecule has 1 aromatic carbocycles. The minimum absolute atomic E-state index is 0.0202. The van der Waals surface area contributed by atoms with E-state index in [1.54, 1.807) is 0 Å². The number of Topliss-reactive ketones (excluding diaryl/α,β-unsaturated/α-hetero) is 3. The number of benzene rings is 1. The summed E-state index contributed by atoms with van der Waals surface area (Å²) in [5.74, 6) is -3.33. The maximum absolute atomic E-state index is 15.4. The van der Waals surface area contributed by atoms with Crippen molar-refractivity contribution < 1.29 is 29.7 Å². The Labute approximate surface area is 294 Å². The van der Waals surface area contributed by atoms with E-state index >= 15 is 9.59 Å². The number of aromatic hydroxyl groups is 2. The number of allylic oxidation sites excluding steroid dienone is 11. The Morgan fingerprint density at radius 2 is 1.33 bits per heavy atom. The molecule has 3 N–H and O–H groups in total. The van der Waals surface area contributed by atoms with Gasteiger partial charge in [0.1, 0.15) is 16.7 Å². The van der Waals surface area contributed by atoms with Crippen molar-refractivity contribution in [1.29, 1.82) is 0 Å². The minimum Gasteiger partial charge on any atom is -0.506 e. The fraction of sp³-hybridized carbons (Fsp3) is 0.512. The third kappa shape index (κ3) is 7.95. The van der Waals surface area contributed by atoms with Crippen molar-refractivity contribution in [2.24, 2.45) is 22.2 Å². The molecule has 2 saturated carbocycles. The number of phenolic OH excluding ortho intramolecular Hbond substituents is 2. The minimum atomic E-state index is -1.63. The first-order valence-electron chi connectivity index (χ1n) is 17.6. The second-order valence-corrected chi connectivity index (χ2v) is 15.6. The Bertz CT molecular complexity index is 1650. The fourth-order valence-corrected chi connectivity index (χ4v) is 7.78. The Balaban J connectivity index is 2.44. The normalized spacial score (nSPS) is 26.2.